The summed E-state index contributed by atoms with van der Waals surface area (Å²) in [5.41, 5.74) is -0.793. The number of aromatic carboxylic acids is 1. The quantitative estimate of drug-likeness (QED) is 0.431. The first kappa shape index (κ1) is 11.0. The first-order valence-corrected chi connectivity index (χ1v) is 3.82. The lowest BCUT2D eigenvalue weighted by molar-refractivity contribution is -0.385. The Hall–Kier alpha value is -2.05. The lowest BCUT2D eigenvalue weighted by atomic mass is 9.93. The van der Waals surface area contributed by atoms with E-state index in [1.807, 2.05) is 0 Å². The van der Waals surface area contributed by atoms with Gasteiger partial charge in [0, 0.05) is 6.07 Å². The van der Waals surface area contributed by atoms with Crippen LogP contribution in [-0.4, -0.2) is 31.0 Å². The smallest absolute Gasteiger partial charge is 0.339 e. The maximum absolute atomic E-state index is 10.7. The molecule has 6 nitrogen and oxygen atoms in total. The maximum atomic E-state index is 10.7. The zero-order valence-electron chi connectivity index (χ0n) is 7.76. The fraction of sp³-hybridized carbons (Fsp3) is 0.125. The van der Waals surface area contributed by atoms with E-state index in [9.17, 15) is 14.9 Å². The Morgan fingerprint density at radius 1 is 1.60 bits per heavy atom. The highest BCUT2D eigenvalue weighted by atomic mass is 16.6. The molecule has 76 valence electrons. The first-order valence-electron chi connectivity index (χ1n) is 3.82. The predicted octanol–water partition coefficient (Wildman–Crippen LogP) is 0.0954. The highest BCUT2D eigenvalue weighted by molar-refractivity contribution is 6.33. The van der Waals surface area contributed by atoms with Gasteiger partial charge in [0.15, 0.2) is 0 Å². The van der Waals surface area contributed by atoms with Crippen LogP contribution in [0.15, 0.2) is 12.1 Å². The Morgan fingerprint density at radius 3 is 2.60 bits per heavy atom. The van der Waals surface area contributed by atoms with Gasteiger partial charge in [0.2, 0.25) is 5.75 Å². The summed E-state index contributed by atoms with van der Waals surface area (Å²) in [6, 6.07) is 2.15. The second kappa shape index (κ2) is 3.99. The van der Waals surface area contributed by atoms with Crippen LogP contribution in [0, 0.1) is 10.1 Å². The van der Waals surface area contributed by atoms with Crippen LogP contribution in [0.5, 0.6) is 5.75 Å². The summed E-state index contributed by atoms with van der Waals surface area (Å²) in [5.74, 6) is -1.64. The number of benzene rings is 1. The van der Waals surface area contributed by atoms with E-state index < -0.39 is 16.6 Å². The highest BCUT2D eigenvalue weighted by Crippen LogP contribution is 2.29. The average Bonchev–Trinajstić information content (AvgIpc) is 2.16. The second-order valence-electron chi connectivity index (χ2n) is 2.68. The lowest BCUT2D eigenvalue weighted by Gasteiger charge is -2.06. The minimum atomic E-state index is -1.33. The fourth-order valence-electron chi connectivity index (χ4n) is 1.14. The molecule has 0 heterocycles. The molecule has 0 aromatic heterocycles. The second-order valence-corrected chi connectivity index (χ2v) is 2.68. The molecule has 2 radical (unpaired) electrons. The summed E-state index contributed by atoms with van der Waals surface area (Å²) < 4.78 is 4.68. The molecule has 1 aromatic carbocycles. The van der Waals surface area contributed by atoms with Gasteiger partial charge in [-0.05, 0) is 0 Å². The van der Waals surface area contributed by atoms with Crippen molar-refractivity contribution in [3.63, 3.8) is 0 Å². The standard InChI is InChI=1S/C8H6BNO5/c1-15-7-5(8(11)12)2-4(9)3-6(7)10(13)14/h2-3H,1H3,(H,11,12). The van der Waals surface area contributed by atoms with Crippen LogP contribution in [0.25, 0.3) is 0 Å². The zero-order valence-corrected chi connectivity index (χ0v) is 7.76. The molecule has 0 saturated carbocycles. The van der Waals surface area contributed by atoms with Crippen molar-refractivity contribution in [2.75, 3.05) is 7.11 Å². The van der Waals surface area contributed by atoms with Crippen molar-refractivity contribution in [3.8, 4) is 5.75 Å². The predicted molar refractivity (Wildman–Crippen MR) is 52.0 cm³/mol. The van der Waals surface area contributed by atoms with Crippen molar-refractivity contribution in [1.29, 1.82) is 0 Å². The van der Waals surface area contributed by atoms with Gasteiger partial charge in [0.05, 0.1) is 12.0 Å². The molecule has 0 saturated heterocycles. The van der Waals surface area contributed by atoms with Crippen LogP contribution < -0.4 is 10.2 Å². The van der Waals surface area contributed by atoms with Crippen molar-refractivity contribution in [1.82, 2.24) is 0 Å². The van der Waals surface area contributed by atoms with E-state index in [1.54, 1.807) is 0 Å². The molecule has 0 aliphatic rings. The summed E-state index contributed by atoms with van der Waals surface area (Å²) in [4.78, 5) is 20.6. The Kier molecular flexibility index (Phi) is 2.94. The minimum absolute atomic E-state index is 0.0000926. The minimum Gasteiger partial charge on any atom is -0.490 e. The normalized spacial score (nSPS) is 9.67. The van der Waals surface area contributed by atoms with Crippen LogP contribution in [0.3, 0.4) is 0 Å². The number of rotatable bonds is 3. The Labute approximate surface area is 86.0 Å². The monoisotopic (exact) mass is 207 g/mol. The van der Waals surface area contributed by atoms with Crippen molar-refractivity contribution < 1.29 is 19.6 Å². The van der Waals surface area contributed by atoms with E-state index in [0.29, 0.717) is 0 Å². The molecule has 0 spiro atoms. The number of hydrogen-bond donors (Lipinski definition) is 1. The molecule has 1 rings (SSSR count). The molecular formula is C8H6BNO5. The maximum Gasteiger partial charge on any atom is 0.339 e. The van der Waals surface area contributed by atoms with E-state index in [1.165, 1.54) is 0 Å². The van der Waals surface area contributed by atoms with Gasteiger partial charge < -0.3 is 9.84 Å². The van der Waals surface area contributed by atoms with Gasteiger partial charge in [0.25, 0.3) is 0 Å². The summed E-state index contributed by atoms with van der Waals surface area (Å²) >= 11 is 0. The van der Waals surface area contributed by atoms with Crippen molar-refractivity contribution in [3.05, 3.63) is 27.8 Å². The third-order valence-electron chi connectivity index (χ3n) is 1.72. The van der Waals surface area contributed by atoms with Gasteiger partial charge in [-0.2, -0.15) is 0 Å². The van der Waals surface area contributed by atoms with Crippen LogP contribution in [0.4, 0.5) is 5.69 Å². The summed E-state index contributed by atoms with van der Waals surface area (Å²) in [5, 5.41) is 19.4. The van der Waals surface area contributed by atoms with Crippen LogP contribution >= 0.6 is 0 Å². The molecule has 0 fully saturated rings. The average molecular weight is 207 g/mol. The van der Waals surface area contributed by atoms with Gasteiger partial charge >= 0.3 is 11.7 Å². The van der Waals surface area contributed by atoms with E-state index in [4.69, 9.17) is 13.0 Å². The van der Waals surface area contributed by atoms with E-state index in [0.717, 1.165) is 19.2 Å². The number of nitro benzene ring substituents is 1. The lowest BCUT2D eigenvalue weighted by Crippen LogP contribution is -2.11. The number of hydrogen-bond acceptors (Lipinski definition) is 4. The fourth-order valence-corrected chi connectivity index (χ4v) is 1.14. The van der Waals surface area contributed by atoms with Crippen molar-refractivity contribution in [2.45, 2.75) is 0 Å². The number of carboxylic acid groups (broad SMARTS) is 1. The molecule has 0 unspecified atom stereocenters. The molecule has 1 aromatic rings. The number of nitrogens with zero attached hydrogens (tertiary/aromatic N) is 1. The summed E-state index contributed by atoms with van der Waals surface area (Å²) in [6.45, 7) is 0. The van der Waals surface area contributed by atoms with E-state index in [2.05, 4.69) is 4.74 Å². The van der Waals surface area contributed by atoms with Crippen LogP contribution in [0.1, 0.15) is 10.4 Å². The molecule has 0 amide bonds. The Bertz CT molecular complexity index is 396. The molecule has 0 atom stereocenters. The van der Waals surface area contributed by atoms with Gasteiger partial charge in [-0.3, -0.25) is 10.1 Å². The van der Waals surface area contributed by atoms with Crippen molar-refractivity contribution in [2.24, 2.45) is 0 Å². The molecule has 1 N–H and O–H groups in total. The summed E-state index contributed by atoms with van der Waals surface area (Å²) in [6.07, 6.45) is 0. The number of nitro groups is 1. The molecule has 0 aliphatic heterocycles. The first-order chi connectivity index (χ1) is 6.97. The highest BCUT2D eigenvalue weighted by Gasteiger charge is 2.22. The third-order valence-corrected chi connectivity index (χ3v) is 1.72. The van der Waals surface area contributed by atoms with Gasteiger partial charge in [0.1, 0.15) is 13.4 Å². The molecule has 15 heavy (non-hydrogen) atoms. The van der Waals surface area contributed by atoms with Crippen molar-refractivity contribution >= 4 is 25.0 Å². The number of methoxy groups -OCH3 is 1. The Balaban J connectivity index is 3.52. The largest absolute Gasteiger partial charge is 0.490 e. The molecule has 7 heteroatoms. The SMILES string of the molecule is [B]c1cc(C(=O)O)c(OC)c([N+](=O)[O-])c1. The van der Waals surface area contributed by atoms with Crippen LogP contribution in [-0.2, 0) is 0 Å². The van der Waals surface area contributed by atoms with Crippen LogP contribution in [0.2, 0.25) is 0 Å². The number of ether oxygens (including phenoxy) is 1. The Morgan fingerprint density at radius 2 is 2.20 bits per heavy atom. The summed E-state index contributed by atoms with van der Waals surface area (Å²) in [7, 11) is 6.49. The number of carbonyl (C=O) groups is 1. The zero-order chi connectivity index (χ0) is 11.6. The number of carboxylic acids is 1. The van der Waals surface area contributed by atoms with Gasteiger partial charge in [-0.15, -0.1) is 0 Å². The topological polar surface area (TPSA) is 89.7 Å². The molecular weight excluding hydrogens is 201 g/mol. The van der Waals surface area contributed by atoms with E-state index in [-0.39, 0.29) is 16.8 Å². The van der Waals surface area contributed by atoms with E-state index >= 15 is 0 Å². The van der Waals surface area contributed by atoms with Gasteiger partial charge in [-0.25, -0.2) is 4.79 Å². The molecule has 0 bridgehead atoms. The molecule has 0 aliphatic carbocycles. The van der Waals surface area contributed by atoms with Gasteiger partial charge in [-0.1, -0.05) is 11.5 Å². The third kappa shape index (κ3) is 2.06.